The second-order valence-corrected chi connectivity index (χ2v) is 8.96. The molecule has 2 aliphatic rings. The predicted octanol–water partition coefficient (Wildman–Crippen LogP) is 3.76. The van der Waals surface area contributed by atoms with E-state index in [1.165, 1.54) is 16.7 Å². The molecule has 5 heteroatoms. The van der Waals surface area contributed by atoms with E-state index in [2.05, 4.69) is 48.5 Å². The number of carbonyl (C=O) groups excluding carboxylic acids is 1. The molecule has 0 saturated carbocycles. The van der Waals surface area contributed by atoms with Crippen molar-refractivity contribution in [3.8, 4) is 0 Å². The first kappa shape index (κ1) is 18.4. The molecule has 4 rings (SSSR count). The Morgan fingerprint density at radius 3 is 2.78 bits per heavy atom. The maximum Gasteiger partial charge on any atom is 0.231 e. The molecule has 2 aromatic rings. The zero-order valence-electron chi connectivity index (χ0n) is 16.1. The summed E-state index contributed by atoms with van der Waals surface area (Å²) in [7, 11) is 0. The fraction of sp³-hybridized carbons (Fsp3) is 0.455. The van der Waals surface area contributed by atoms with Crippen LogP contribution >= 0.6 is 11.3 Å². The van der Waals surface area contributed by atoms with E-state index in [1.54, 1.807) is 11.3 Å². The average molecular weight is 382 g/mol. The summed E-state index contributed by atoms with van der Waals surface area (Å²) in [5.74, 6) is 0.469. The van der Waals surface area contributed by atoms with Gasteiger partial charge in [0, 0.05) is 50.2 Å². The Morgan fingerprint density at radius 1 is 1.33 bits per heavy atom. The van der Waals surface area contributed by atoms with Crippen LogP contribution in [0.15, 0.2) is 42.4 Å². The fourth-order valence-electron chi connectivity index (χ4n) is 4.92. The quantitative estimate of drug-likeness (QED) is 0.740. The lowest BCUT2D eigenvalue weighted by atomic mass is 9.77. The van der Waals surface area contributed by atoms with Gasteiger partial charge in [-0.2, -0.15) is 0 Å². The Bertz CT molecular complexity index is 827. The number of nitrogens with zero attached hydrogens (tertiary/aromatic N) is 3. The first-order valence-electron chi connectivity index (χ1n) is 9.61. The van der Waals surface area contributed by atoms with Crippen LogP contribution in [0.4, 0.5) is 0 Å². The maximum absolute atomic E-state index is 13.4. The Kier molecular flexibility index (Phi) is 4.91. The molecule has 1 amide bonds. The molecule has 2 fully saturated rings. The maximum atomic E-state index is 13.4. The topological polar surface area (TPSA) is 36.4 Å². The number of benzene rings is 1. The molecule has 2 atom stereocenters. The van der Waals surface area contributed by atoms with Crippen molar-refractivity contribution in [1.82, 2.24) is 14.8 Å². The van der Waals surface area contributed by atoms with Crippen LogP contribution in [0.2, 0.25) is 0 Å². The van der Waals surface area contributed by atoms with E-state index in [0.29, 0.717) is 6.54 Å². The summed E-state index contributed by atoms with van der Waals surface area (Å²) in [6.07, 6.45) is 4.60. The van der Waals surface area contributed by atoms with Gasteiger partial charge in [-0.3, -0.25) is 9.69 Å². The van der Waals surface area contributed by atoms with Crippen molar-refractivity contribution in [3.05, 3.63) is 64.1 Å². The van der Waals surface area contributed by atoms with Crippen molar-refractivity contribution in [2.45, 2.75) is 32.7 Å². The van der Waals surface area contributed by atoms with Gasteiger partial charge in [-0.15, -0.1) is 17.9 Å². The molecule has 0 aliphatic carbocycles. The number of aromatic nitrogens is 1. The SMILES string of the molecule is C=CCN1CC[C@@]2(CN(Cc3cc(C)cc(C)c3)C[C@@H]2c2nccs2)C1=O. The molecule has 142 valence electrons. The van der Waals surface area contributed by atoms with Gasteiger partial charge >= 0.3 is 0 Å². The summed E-state index contributed by atoms with van der Waals surface area (Å²) in [5, 5.41) is 3.13. The standard InChI is InChI=1S/C22H27N3OS/c1-4-7-25-8-5-22(21(25)26)15-24(14-19(22)20-23-6-9-27-20)13-18-11-16(2)10-17(3)12-18/h4,6,9-12,19H,1,5,7-8,13-15H2,2-3H3/t19-,22+/m1/s1. The van der Waals surface area contributed by atoms with Crippen molar-refractivity contribution in [2.24, 2.45) is 5.41 Å². The largest absolute Gasteiger partial charge is 0.338 e. The molecule has 2 saturated heterocycles. The third-order valence-corrected chi connectivity index (χ3v) is 6.83. The van der Waals surface area contributed by atoms with Crippen LogP contribution in [0.1, 0.15) is 34.0 Å². The van der Waals surface area contributed by atoms with Crippen molar-refractivity contribution in [1.29, 1.82) is 0 Å². The van der Waals surface area contributed by atoms with Crippen molar-refractivity contribution in [3.63, 3.8) is 0 Å². The van der Waals surface area contributed by atoms with Gasteiger partial charge in [0.2, 0.25) is 5.91 Å². The fourth-order valence-corrected chi connectivity index (χ4v) is 5.77. The van der Waals surface area contributed by atoms with E-state index in [4.69, 9.17) is 0 Å². The van der Waals surface area contributed by atoms with E-state index >= 15 is 0 Å². The minimum absolute atomic E-state index is 0.186. The number of carbonyl (C=O) groups is 1. The Hall–Kier alpha value is -1.98. The van der Waals surface area contributed by atoms with Crippen LogP contribution in [0.3, 0.4) is 0 Å². The van der Waals surface area contributed by atoms with Crippen molar-refractivity contribution >= 4 is 17.2 Å². The average Bonchev–Trinajstić information content (AvgIpc) is 3.31. The minimum Gasteiger partial charge on any atom is -0.338 e. The van der Waals surface area contributed by atoms with Gasteiger partial charge in [-0.25, -0.2) is 4.98 Å². The molecule has 1 aromatic heterocycles. The summed E-state index contributed by atoms with van der Waals surface area (Å²) in [6, 6.07) is 6.73. The third-order valence-electron chi connectivity index (χ3n) is 5.94. The van der Waals surface area contributed by atoms with Crippen LogP contribution in [-0.4, -0.2) is 46.9 Å². The number of hydrogen-bond acceptors (Lipinski definition) is 4. The minimum atomic E-state index is -0.334. The Labute approximate surface area is 165 Å². The molecular formula is C22H27N3OS. The van der Waals surface area contributed by atoms with E-state index in [9.17, 15) is 4.79 Å². The highest BCUT2D eigenvalue weighted by molar-refractivity contribution is 7.09. The zero-order valence-corrected chi connectivity index (χ0v) is 17.0. The van der Waals surface area contributed by atoms with E-state index in [-0.39, 0.29) is 17.2 Å². The first-order valence-corrected chi connectivity index (χ1v) is 10.5. The van der Waals surface area contributed by atoms with Crippen LogP contribution in [0, 0.1) is 19.3 Å². The summed E-state index contributed by atoms with van der Waals surface area (Å²) in [6.45, 7) is 12.2. The Morgan fingerprint density at radius 2 is 2.11 bits per heavy atom. The van der Waals surface area contributed by atoms with Crippen LogP contribution in [0.5, 0.6) is 0 Å². The lowest BCUT2D eigenvalue weighted by Gasteiger charge is -2.27. The number of hydrogen-bond donors (Lipinski definition) is 0. The highest BCUT2D eigenvalue weighted by atomic mass is 32.1. The number of amides is 1. The number of aryl methyl sites for hydroxylation is 2. The van der Waals surface area contributed by atoms with E-state index < -0.39 is 0 Å². The second kappa shape index (κ2) is 7.21. The molecule has 3 heterocycles. The van der Waals surface area contributed by atoms with Gasteiger partial charge < -0.3 is 4.90 Å². The summed E-state index contributed by atoms with van der Waals surface area (Å²) in [4.78, 5) is 22.4. The summed E-state index contributed by atoms with van der Waals surface area (Å²) < 4.78 is 0. The third kappa shape index (κ3) is 3.34. The Balaban J connectivity index is 1.62. The van der Waals surface area contributed by atoms with Gasteiger partial charge in [-0.1, -0.05) is 35.4 Å². The van der Waals surface area contributed by atoms with Gasteiger partial charge in [0.15, 0.2) is 0 Å². The van der Waals surface area contributed by atoms with Crippen LogP contribution in [0.25, 0.3) is 0 Å². The molecule has 0 unspecified atom stereocenters. The van der Waals surface area contributed by atoms with Gasteiger partial charge in [-0.05, 0) is 25.8 Å². The van der Waals surface area contributed by atoms with E-state index in [1.807, 2.05) is 22.6 Å². The van der Waals surface area contributed by atoms with Crippen molar-refractivity contribution in [2.75, 3.05) is 26.2 Å². The molecular weight excluding hydrogens is 354 g/mol. The van der Waals surface area contributed by atoms with Crippen LogP contribution < -0.4 is 0 Å². The predicted molar refractivity (Wildman–Crippen MR) is 110 cm³/mol. The lowest BCUT2D eigenvalue weighted by molar-refractivity contribution is -0.135. The van der Waals surface area contributed by atoms with Gasteiger partial charge in [0.05, 0.1) is 10.4 Å². The molecule has 4 nitrogen and oxygen atoms in total. The normalized spacial score (nSPS) is 25.6. The number of rotatable bonds is 5. The molecule has 0 radical (unpaired) electrons. The van der Waals surface area contributed by atoms with Crippen LogP contribution in [-0.2, 0) is 11.3 Å². The molecule has 1 spiro atoms. The molecule has 0 N–H and O–H groups in total. The molecule has 1 aromatic carbocycles. The molecule has 0 bridgehead atoms. The highest BCUT2D eigenvalue weighted by Gasteiger charge is 2.57. The highest BCUT2D eigenvalue weighted by Crippen LogP contribution is 2.50. The molecule has 27 heavy (non-hydrogen) atoms. The second-order valence-electron chi connectivity index (χ2n) is 8.03. The summed E-state index contributed by atoms with van der Waals surface area (Å²) >= 11 is 1.68. The lowest BCUT2D eigenvalue weighted by Crippen LogP contribution is -2.39. The summed E-state index contributed by atoms with van der Waals surface area (Å²) in [5.41, 5.74) is 3.59. The zero-order chi connectivity index (χ0) is 19.0. The number of likely N-dealkylation sites (tertiary alicyclic amines) is 2. The smallest absolute Gasteiger partial charge is 0.231 e. The van der Waals surface area contributed by atoms with E-state index in [0.717, 1.165) is 37.6 Å². The van der Waals surface area contributed by atoms with Gasteiger partial charge in [0.1, 0.15) is 0 Å². The number of thiazole rings is 1. The van der Waals surface area contributed by atoms with Crippen molar-refractivity contribution < 1.29 is 4.79 Å². The monoisotopic (exact) mass is 381 g/mol. The van der Waals surface area contributed by atoms with Gasteiger partial charge in [0.25, 0.3) is 0 Å². The molecule has 2 aliphatic heterocycles. The first-order chi connectivity index (χ1) is 13.0.